The Morgan fingerprint density at radius 3 is 2.33 bits per heavy atom. The lowest BCUT2D eigenvalue weighted by Gasteiger charge is -2.13. The smallest absolute Gasteiger partial charge is 0.416 e. The van der Waals surface area contributed by atoms with Crippen LogP contribution in [0.25, 0.3) is 0 Å². The molecule has 0 fully saturated rings. The van der Waals surface area contributed by atoms with Gasteiger partial charge in [0.15, 0.2) is 0 Å². The van der Waals surface area contributed by atoms with E-state index in [1.807, 2.05) is 0 Å². The van der Waals surface area contributed by atoms with Crippen LogP contribution in [-0.4, -0.2) is 11.1 Å². The van der Waals surface area contributed by atoms with Crippen LogP contribution in [0.15, 0.2) is 36.4 Å². The molecule has 2 aromatic carbocycles. The zero-order valence-corrected chi connectivity index (χ0v) is 12.5. The Labute approximate surface area is 135 Å². The molecule has 0 saturated carbocycles. The number of phenols is 1. The van der Waals surface area contributed by atoms with Crippen LogP contribution in [0.5, 0.6) is 5.75 Å². The van der Waals surface area contributed by atoms with E-state index >= 15 is 0 Å². The van der Waals surface area contributed by atoms with E-state index in [2.05, 4.69) is 10.6 Å². The van der Waals surface area contributed by atoms with E-state index < -0.39 is 24.4 Å². The Morgan fingerprint density at radius 2 is 1.75 bits per heavy atom. The van der Waals surface area contributed by atoms with Crippen molar-refractivity contribution in [2.24, 2.45) is 0 Å². The molecule has 0 spiro atoms. The number of alkyl halides is 4. The number of aryl methyl sites for hydroxylation is 1. The number of hydrogen-bond donors (Lipinski definition) is 3. The minimum absolute atomic E-state index is 0.0356. The van der Waals surface area contributed by atoms with E-state index in [1.165, 1.54) is 12.1 Å². The van der Waals surface area contributed by atoms with Crippen LogP contribution < -0.4 is 10.6 Å². The molecule has 3 N–H and O–H groups in total. The summed E-state index contributed by atoms with van der Waals surface area (Å²) in [5.74, 6) is -0.0356. The minimum Gasteiger partial charge on any atom is -0.508 e. The largest absolute Gasteiger partial charge is 0.508 e. The summed E-state index contributed by atoms with van der Waals surface area (Å²) in [4.78, 5) is 11.9. The van der Waals surface area contributed by atoms with E-state index in [-0.39, 0.29) is 22.7 Å². The molecule has 2 aromatic rings. The van der Waals surface area contributed by atoms with E-state index in [0.29, 0.717) is 17.7 Å². The number of amides is 2. The summed E-state index contributed by atoms with van der Waals surface area (Å²) in [6, 6.07) is 6.08. The van der Waals surface area contributed by atoms with Crippen LogP contribution in [0.3, 0.4) is 0 Å². The standard InChI is InChI=1S/C16H14F4N2O2/c1-9-2-3-12(7-14(9)23)21-15(24)22-13-5-10(8-17)4-11(6-13)16(18,19)20/h2-7,23H,8H2,1H3,(H2,21,22,24). The Kier molecular flexibility index (Phi) is 4.96. The lowest BCUT2D eigenvalue weighted by atomic mass is 10.1. The van der Waals surface area contributed by atoms with Crippen molar-refractivity contribution < 1.29 is 27.5 Å². The predicted molar refractivity (Wildman–Crippen MR) is 81.7 cm³/mol. The van der Waals surface area contributed by atoms with E-state index in [4.69, 9.17) is 0 Å². The molecule has 2 amide bonds. The highest BCUT2D eigenvalue weighted by Crippen LogP contribution is 2.32. The number of phenolic OH excluding ortho intramolecular Hbond substituents is 1. The number of benzene rings is 2. The first-order valence-electron chi connectivity index (χ1n) is 6.84. The van der Waals surface area contributed by atoms with Crippen LogP contribution in [0.1, 0.15) is 16.7 Å². The number of anilines is 2. The van der Waals surface area contributed by atoms with Gasteiger partial charge in [0.25, 0.3) is 0 Å². The molecule has 8 heteroatoms. The molecule has 0 heterocycles. The predicted octanol–water partition coefficient (Wildman–Crippen LogP) is 4.83. The van der Waals surface area contributed by atoms with Gasteiger partial charge in [-0.05, 0) is 42.3 Å². The number of nitrogens with one attached hydrogen (secondary N) is 2. The minimum atomic E-state index is -4.65. The van der Waals surface area contributed by atoms with Crippen LogP contribution >= 0.6 is 0 Å². The monoisotopic (exact) mass is 342 g/mol. The van der Waals surface area contributed by atoms with Gasteiger partial charge in [-0.2, -0.15) is 13.2 Å². The van der Waals surface area contributed by atoms with Gasteiger partial charge < -0.3 is 15.7 Å². The van der Waals surface area contributed by atoms with Crippen molar-refractivity contribution >= 4 is 17.4 Å². The fourth-order valence-corrected chi connectivity index (χ4v) is 1.99. The highest BCUT2D eigenvalue weighted by molar-refractivity contribution is 6.00. The third kappa shape index (κ3) is 4.37. The lowest BCUT2D eigenvalue weighted by molar-refractivity contribution is -0.137. The summed E-state index contributed by atoms with van der Waals surface area (Å²) in [5.41, 5.74) is -0.583. The number of hydrogen-bond acceptors (Lipinski definition) is 2. The molecular formula is C16H14F4N2O2. The summed E-state index contributed by atoms with van der Waals surface area (Å²) in [6.07, 6.45) is -4.65. The molecule has 2 rings (SSSR count). The first-order valence-corrected chi connectivity index (χ1v) is 6.84. The summed E-state index contributed by atoms with van der Waals surface area (Å²) in [7, 11) is 0. The van der Waals surface area contributed by atoms with Gasteiger partial charge in [-0.1, -0.05) is 6.07 Å². The molecule has 0 radical (unpaired) electrons. The number of carbonyl (C=O) groups excluding carboxylic acids is 1. The molecule has 4 nitrogen and oxygen atoms in total. The van der Waals surface area contributed by atoms with Gasteiger partial charge in [0, 0.05) is 17.4 Å². The van der Waals surface area contributed by atoms with Crippen molar-refractivity contribution in [2.45, 2.75) is 19.8 Å². The van der Waals surface area contributed by atoms with E-state index in [0.717, 1.165) is 6.07 Å². The SMILES string of the molecule is Cc1ccc(NC(=O)Nc2cc(CF)cc(C(F)(F)F)c2)cc1O. The molecule has 0 atom stereocenters. The quantitative estimate of drug-likeness (QED) is 0.700. The molecule has 0 aliphatic heterocycles. The molecular weight excluding hydrogens is 328 g/mol. The van der Waals surface area contributed by atoms with Crippen molar-refractivity contribution in [2.75, 3.05) is 10.6 Å². The van der Waals surface area contributed by atoms with Crippen molar-refractivity contribution in [3.8, 4) is 5.75 Å². The molecule has 0 unspecified atom stereocenters. The maximum Gasteiger partial charge on any atom is 0.416 e. The first-order chi connectivity index (χ1) is 11.2. The number of carbonyl (C=O) groups is 1. The maximum absolute atomic E-state index is 12.8. The van der Waals surface area contributed by atoms with Crippen LogP contribution in [0.2, 0.25) is 0 Å². The first kappa shape index (κ1) is 17.6. The molecule has 0 aromatic heterocycles. The van der Waals surface area contributed by atoms with Gasteiger partial charge in [-0.25, -0.2) is 9.18 Å². The molecule has 0 aliphatic carbocycles. The van der Waals surface area contributed by atoms with Crippen molar-refractivity contribution in [1.29, 1.82) is 0 Å². The average Bonchev–Trinajstić information content (AvgIpc) is 2.49. The second kappa shape index (κ2) is 6.77. The average molecular weight is 342 g/mol. The third-order valence-electron chi connectivity index (χ3n) is 3.20. The number of halogens is 4. The zero-order chi connectivity index (χ0) is 17.9. The van der Waals surface area contributed by atoms with Gasteiger partial charge in [-0.15, -0.1) is 0 Å². The second-order valence-corrected chi connectivity index (χ2v) is 5.13. The zero-order valence-electron chi connectivity index (χ0n) is 12.5. The summed E-state index contributed by atoms with van der Waals surface area (Å²) in [5, 5.41) is 14.1. The highest BCUT2D eigenvalue weighted by Gasteiger charge is 2.31. The Hall–Kier alpha value is -2.77. The topological polar surface area (TPSA) is 61.4 Å². The van der Waals surface area contributed by atoms with E-state index in [1.54, 1.807) is 13.0 Å². The normalized spacial score (nSPS) is 11.2. The van der Waals surface area contributed by atoms with Crippen LogP contribution in [0.4, 0.5) is 33.7 Å². The number of rotatable bonds is 3. The van der Waals surface area contributed by atoms with Crippen LogP contribution in [-0.2, 0) is 12.9 Å². The second-order valence-electron chi connectivity index (χ2n) is 5.13. The van der Waals surface area contributed by atoms with Crippen LogP contribution in [0, 0.1) is 6.92 Å². The fraction of sp³-hybridized carbons (Fsp3) is 0.188. The van der Waals surface area contributed by atoms with Crippen molar-refractivity contribution in [3.63, 3.8) is 0 Å². The van der Waals surface area contributed by atoms with Gasteiger partial charge >= 0.3 is 12.2 Å². The number of urea groups is 1. The summed E-state index contributed by atoms with van der Waals surface area (Å²) in [6.45, 7) is 0.576. The molecule has 24 heavy (non-hydrogen) atoms. The highest BCUT2D eigenvalue weighted by atomic mass is 19.4. The Bertz CT molecular complexity index is 760. The van der Waals surface area contributed by atoms with Gasteiger partial charge in [-0.3, -0.25) is 0 Å². The van der Waals surface area contributed by atoms with Gasteiger partial charge in [0.2, 0.25) is 0 Å². The Balaban J connectivity index is 2.17. The van der Waals surface area contributed by atoms with Gasteiger partial charge in [0.1, 0.15) is 12.4 Å². The third-order valence-corrected chi connectivity index (χ3v) is 3.20. The van der Waals surface area contributed by atoms with Gasteiger partial charge in [0.05, 0.1) is 5.56 Å². The maximum atomic E-state index is 12.8. The van der Waals surface area contributed by atoms with Crippen molar-refractivity contribution in [3.05, 3.63) is 53.1 Å². The molecule has 0 bridgehead atoms. The molecule has 0 aliphatic rings. The Morgan fingerprint density at radius 1 is 1.08 bits per heavy atom. The van der Waals surface area contributed by atoms with E-state index in [9.17, 15) is 27.5 Å². The summed E-state index contributed by atoms with van der Waals surface area (Å²) < 4.78 is 51.0. The fourth-order valence-electron chi connectivity index (χ4n) is 1.99. The lowest BCUT2D eigenvalue weighted by Crippen LogP contribution is -2.20. The molecule has 128 valence electrons. The summed E-state index contributed by atoms with van der Waals surface area (Å²) >= 11 is 0. The van der Waals surface area contributed by atoms with Crippen molar-refractivity contribution in [1.82, 2.24) is 0 Å². The molecule has 0 saturated heterocycles. The number of aromatic hydroxyl groups is 1.